The van der Waals surface area contributed by atoms with Gasteiger partial charge in [0, 0.05) is 32.7 Å². The molecule has 1 amide bonds. The first kappa shape index (κ1) is 20.2. The zero-order chi connectivity index (χ0) is 19.7. The molecule has 0 saturated carbocycles. The van der Waals surface area contributed by atoms with E-state index in [1.54, 1.807) is 11.1 Å². The van der Waals surface area contributed by atoms with Crippen LogP contribution in [0.2, 0.25) is 5.02 Å². The Morgan fingerprint density at radius 2 is 2.07 bits per heavy atom. The number of piperidine rings is 1. The Kier molecular flexibility index (Phi) is 5.84. The zero-order valence-corrected chi connectivity index (χ0v) is 17.1. The summed E-state index contributed by atoms with van der Waals surface area (Å²) in [6.07, 6.45) is 3.08. The predicted octanol–water partition coefficient (Wildman–Crippen LogP) is 2.80. The number of nitrogens with zero attached hydrogens (tertiary/aromatic N) is 3. The molecule has 0 radical (unpaired) electrons. The molecule has 0 unspecified atom stereocenters. The van der Waals surface area contributed by atoms with Crippen molar-refractivity contribution in [3.63, 3.8) is 0 Å². The zero-order valence-electron chi connectivity index (χ0n) is 16.3. The lowest BCUT2D eigenvalue weighted by Gasteiger charge is -2.47. The number of nitrogens with two attached hydrogens (primary N) is 1. The number of hydrogen-bond donors (Lipinski definition) is 1. The molecule has 0 atom stereocenters. The van der Waals surface area contributed by atoms with Crippen LogP contribution in [0.4, 0.5) is 10.5 Å². The van der Waals surface area contributed by atoms with E-state index >= 15 is 0 Å². The molecule has 2 fully saturated rings. The van der Waals surface area contributed by atoms with Crippen molar-refractivity contribution >= 4 is 23.4 Å². The Balaban J connectivity index is 1.64. The lowest BCUT2D eigenvalue weighted by molar-refractivity contribution is -0.0912. The van der Waals surface area contributed by atoms with E-state index in [1.807, 2.05) is 26.8 Å². The minimum atomic E-state index is -0.482. The van der Waals surface area contributed by atoms with Crippen LogP contribution < -0.4 is 10.6 Å². The maximum atomic E-state index is 12.3. The molecule has 1 aromatic heterocycles. The van der Waals surface area contributed by atoms with Crippen molar-refractivity contribution in [2.24, 2.45) is 5.73 Å². The average Bonchev–Trinajstić information content (AvgIpc) is 2.60. The molecule has 0 bridgehead atoms. The van der Waals surface area contributed by atoms with Crippen LogP contribution in [0.15, 0.2) is 12.3 Å². The molecule has 3 heterocycles. The second-order valence-electron chi connectivity index (χ2n) is 8.25. The lowest BCUT2D eigenvalue weighted by atomic mass is 9.89. The average molecular weight is 397 g/mol. The maximum absolute atomic E-state index is 12.3. The van der Waals surface area contributed by atoms with E-state index in [4.69, 9.17) is 26.8 Å². The first-order valence-electron chi connectivity index (χ1n) is 9.43. The predicted molar refractivity (Wildman–Crippen MR) is 105 cm³/mol. The highest BCUT2D eigenvalue weighted by Crippen LogP contribution is 2.35. The Bertz CT molecular complexity index is 684. The van der Waals surface area contributed by atoms with E-state index in [-0.39, 0.29) is 11.7 Å². The number of ether oxygens (including phenoxy) is 2. The number of likely N-dealkylation sites (tertiary alicyclic amines) is 1. The fourth-order valence-corrected chi connectivity index (χ4v) is 3.88. The largest absolute Gasteiger partial charge is 0.444 e. The molecule has 150 valence electrons. The van der Waals surface area contributed by atoms with Gasteiger partial charge in [0.05, 0.1) is 34.8 Å². The fourth-order valence-electron chi connectivity index (χ4n) is 3.58. The van der Waals surface area contributed by atoms with Crippen LogP contribution in [-0.4, -0.2) is 60.0 Å². The van der Waals surface area contributed by atoms with Crippen molar-refractivity contribution < 1.29 is 14.3 Å². The van der Waals surface area contributed by atoms with Gasteiger partial charge in [0.1, 0.15) is 5.60 Å². The number of pyridine rings is 1. The molecule has 2 aliphatic heterocycles. The quantitative estimate of drug-likeness (QED) is 0.827. The number of hydrogen-bond acceptors (Lipinski definition) is 6. The van der Waals surface area contributed by atoms with E-state index in [1.165, 1.54) is 0 Å². The van der Waals surface area contributed by atoms with Crippen LogP contribution in [-0.2, 0) is 16.0 Å². The molecule has 1 aromatic rings. The number of halogens is 1. The summed E-state index contributed by atoms with van der Waals surface area (Å²) in [6.45, 7) is 9.39. The molecule has 0 aromatic carbocycles. The summed E-state index contributed by atoms with van der Waals surface area (Å²) in [6, 6.07) is 1.82. The third kappa shape index (κ3) is 4.83. The number of amides is 1. The molecule has 2 N–H and O–H groups in total. The van der Waals surface area contributed by atoms with Crippen LogP contribution >= 0.6 is 11.6 Å². The van der Waals surface area contributed by atoms with Gasteiger partial charge in [0.15, 0.2) is 0 Å². The van der Waals surface area contributed by atoms with Crippen LogP contribution in [0.3, 0.4) is 0 Å². The molecule has 2 saturated heterocycles. The Labute approximate surface area is 165 Å². The number of morpholine rings is 1. The third-order valence-electron chi connectivity index (χ3n) is 5.02. The number of aromatic nitrogens is 1. The summed E-state index contributed by atoms with van der Waals surface area (Å²) in [5.74, 6) is 0. The van der Waals surface area contributed by atoms with Gasteiger partial charge in [-0.15, -0.1) is 0 Å². The second kappa shape index (κ2) is 7.81. The van der Waals surface area contributed by atoms with Gasteiger partial charge in [-0.2, -0.15) is 0 Å². The van der Waals surface area contributed by atoms with E-state index in [2.05, 4.69) is 9.88 Å². The van der Waals surface area contributed by atoms with Gasteiger partial charge in [-0.05, 0) is 39.7 Å². The molecular weight excluding hydrogens is 368 g/mol. The Morgan fingerprint density at radius 3 is 2.67 bits per heavy atom. The smallest absolute Gasteiger partial charge is 0.410 e. The molecule has 0 aliphatic carbocycles. The van der Waals surface area contributed by atoms with E-state index in [0.29, 0.717) is 31.3 Å². The first-order valence-corrected chi connectivity index (χ1v) is 9.80. The Hall–Kier alpha value is -1.57. The topological polar surface area (TPSA) is 80.9 Å². The lowest BCUT2D eigenvalue weighted by Crippen LogP contribution is -2.58. The standard InChI is InChI=1S/C19H29ClN4O3/c1-18(2,3)27-17(25)23-6-4-19(5-7-23)13-24(8-9-26-19)16-12-22-14(11-21)10-15(16)20/h10,12H,4-9,11,13,21H2,1-3H3. The van der Waals surface area contributed by atoms with Crippen LogP contribution in [0.1, 0.15) is 39.3 Å². The van der Waals surface area contributed by atoms with Crippen molar-refractivity contribution in [1.82, 2.24) is 9.88 Å². The maximum Gasteiger partial charge on any atom is 0.410 e. The summed E-state index contributed by atoms with van der Waals surface area (Å²) in [7, 11) is 0. The van der Waals surface area contributed by atoms with Crippen LogP contribution in [0.25, 0.3) is 0 Å². The minimum absolute atomic E-state index is 0.255. The highest BCUT2D eigenvalue weighted by molar-refractivity contribution is 6.33. The first-order chi connectivity index (χ1) is 12.7. The van der Waals surface area contributed by atoms with Gasteiger partial charge in [0.2, 0.25) is 0 Å². The Morgan fingerprint density at radius 1 is 1.37 bits per heavy atom. The third-order valence-corrected chi connectivity index (χ3v) is 5.32. The second-order valence-corrected chi connectivity index (χ2v) is 8.66. The molecule has 8 heteroatoms. The summed E-state index contributed by atoms with van der Waals surface area (Å²) in [4.78, 5) is 20.7. The monoisotopic (exact) mass is 396 g/mol. The van der Waals surface area contributed by atoms with Crippen molar-refractivity contribution in [3.8, 4) is 0 Å². The van der Waals surface area contributed by atoms with Gasteiger partial charge in [-0.1, -0.05) is 11.6 Å². The van der Waals surface area contributed by atoms with Gasteiger partial charge >= 0.3 is 6.09 Å². The minimum Gasteiger partial charge on any atom is -0.444 e. The SMILES string of the molecule is CC(C)(C)OC(=O)N1CCC2(CC1)CN(c1cnc(CN)cc1Cl)CCO2. The van der Waals surface area contributed by atoms with Crippen LogP contribution in [0.5, 0.6) is 0 Å². The number of carbonyl (C=O) groups is 1. The normalized spacial score (nSPS) is 20.0. The fraction of sp³-hybridized carbons (Fsp3) is 0.684. The van der Waals surface area contributed by atoms with Gasteiger partial charge in [-0.25, -0.2) is 4.79 Å². The van der Waals surface area contributed by atoms with Gasteiger partial charge in [-0.3, -0.25) is 4.98 Å². The summed E-state index contributed by atoms with van der Waals surface area (Å²) in [5.41, 5.74) is 6.57. The van der Waals surface area contributed by atoms with E-state index < -0.39 is 5.60 Å². The van der Waals surface area contributed by atoms with Crippen molar-refractivity contribution in [2.75, 3.05) is 37.7 Å². The molecular formula is C19H29ClN4O3. The van der Waals surface area contributed by atoms with Crippen molar-refractivity contribution in [3.05, 3.63) is 23.0 Å². The molecule has 27 heavy (non-hydrogen) atoms. The summed E-state index contributed by atoms with van der Waals surface area (Å²) >= 11 is 6.45. The highest BCUT2D eigenvalue weighted by atomic mass is 35.5. The van der Waals surface area contributed by atoms with Crippen molar-refractivity contribution in [1.29, 1.82) is 0 Å². The van der Waals surface area contributed by atoms with Crippen molar-refractivity contribution in [2.45, 2.75) is 51.4 Å². The number of rotatable bonds is 2. The molecule has 1 spiro atoms. The number of anilines is 1. The van der Waals surface area contributed by atoms with Gasteiger partial charge in [0.25, 0.3) is 0 Å². The van der Waals surface area contributed by atoms with Gasteiger partial charge < -0.3 is 25.0 Å². The van der Waals surface area contributed by atoms with E-state index in [9.17, 15) is 4.79 Å². The number of carbonyl (C=O) groups excluding carboxylic acids is 1. The molecule has 3 rings (SSSR count). The molecule has 7 nitrogen and oxygen atoms in total. The van der Waals surface area contributed by atoms with Crippen LogP contribution in [0, 0.1) is 0 Å². The summed E-state index contributed by atoms with van der Waals surface area (Å²) in [5, 5.41) is 0.661. The highest BCUT2D eigenvalue weighted by Gasteiger charge is 2.41. The molecule has 2 aliphatic rings. The summed E-state index contributed by atoms with van der Waals surface area (Å²) < 4.78 is 11.6. The van der Waals surface area contributed by atoms with E-state index in [0.717, 1.165) is 37.3 Å².